The Balaban J connectivity index is 2.59. The molecule has 2 aromatic rings. The van der Waals surface area contributed by atoms with Crippen LogP contribution in [-0.2, 0) is 5.41 Å². The number of amides is 1. The predicted molar refractivity (Wildman–Crippen MR) is 109 cm³/mol. The van der Waals surface area contributed by atoms with Crippen molar-refractivity contribution < 1.29 is 9.90 Å². The number of aromatic hydroxyl groups is 1. The second-order valence-corrected chi connectivity index (χ2v) is 8.53. The number of rotatable bonds is 3. The molecule has 0 saturated carbocycles. The number of anilines is 1. The van der Waals surface area contributed by atoms with Crippen LogP contribution in [0.2, 0.25) is 10.0 Å². The summed E-state index contributed by atoms with van der Waals surface area (Å²) in [6.45, 7) is 7.48. The van der Waals surface area contributed by atoms with Crippen molar-refractivity contribution in [3.05, 3.63) is 54.3 Å². The number of nitroso groups, excluding NO2 is 1. The highest BCUT2D eigenvalue weighted by molar-refractivity contribution is 9.10. The van der Waals surface area contributed by atoms with E-state index >= 15 is 0 Å². The van der Waals surface area contributed by atoms with Crippen molar-refractivity contribution in [3.8, 4) is 5.75 Å². The zero-order valence-electron chi connectivity index (χ0n) is 14.6. The molecule has 2 N–H and O–H groups in total. The zero-order chi connectivity index (χ0) is 19.8. The molecule has 2 rings (SSSR count). The van der Waals surface area contributed by atoms with Gasteiger partial charge in [-0.3, -0.25) is 4.79 Å². The lowest BCUT2D eigenvalue weighted by molar-refractivity contribution is 0.102. The van der Waals surface area contributed by atoms with E-state index in [2.05, 4.69) is 26.4 Å². The normalized spacial score (nSPS) is 11.3. The van der Waals surface area contributed by atoms with Gasteiger partial charge in [-0.1, -0.05) is 59.9 Å². The van der Waals surface area contributed by atoms with Gasteiger partial charge in [0.05, 0.1) is 16.3 Å². The highest BCUT2D eigenvalue weighted by atomic mass is 79.9. The average Bonchev–Trinajstić information content (AvgIpc) is 2.52. The van der Waals surface area contributed by atoms with Gasteiger partial charge in [0.2, 0.25) is 0 Å². The first-order valence-electron chi connectivity index (χ1n) is 7.63. The number of halogens is 3. The molecular formula is C18H17BrCl2N2O3. The van der Waals surface area contributed by atoms with Crippen LogP contribution in [0, 0.1) is 11.8 Å². The van der Waals surface area contributed by atoms with Crippen LogP contribution in [0.5, 0.6) is 5.75 Å². The number of nitrogens with zero attached hydrogens (tertiary/aromatic N) is 1. The molecule has 2 aromatic carbocycles. The van der Waals surface area contributed by atoms with Crippen LogP contribution in [0.3, 0.4) is 0 Å². The van der Waals surface area contributed by atoms with Gasteiger partial charge in [-0.2, -0.15) is 0 Å². The van der Waals surface area contributed by atoms with Crippen molar-refractivity contribution in [1.82, 2.24) is 0 Å². The number of phenolic OH excluding ortho intramolecular Hbond substituents is 1. The lowest BCUT2D eigenvalue weighted by Crippen LogP contribution is -2.18. The lowest BCUT2D eigenvalue weighted by atomic mass is 9.84. The van der Waals surface area contributed by atoms with Gasteiger partial charge in [0.15, 0.2) is 0 Å². The monoisotopic (exact) mass is 458 g/mol. The van der Waals surface area contributed by atoms with Crippen LogP contribution in [-0.4, -0.2) is 11.0 Å². The molecule has 0 spiro atoms. The van der Waals surface area contributed by atoms with Crippen molar-refractivity contribution >= 4 is 56.4 Å². The molecule has 5 nitrogen and oxygen atoms in total. The number of phenols is 1. The topological polar surface area (TPSA) is 78.8 Å². The third kappa shape index (κ3) is 4.03. The summed E-state index contributed by atoms with van der Waals surface area (Å²) in [6.07, 6.45) is 0. The van der Waals surface area contributed by atoms with E-state index in [-0.39, 0.29) is 38.1 Å². The summed E-state index contributed by atoms with van der Waals surface area (Å²) in [5, 5.41) is 16.4. The molecule has 1 amide bonds. The van der Waals surface area contributed by atoms with E-state index in [4.69, 9.17) is 23.2 Å². The standard InChI is InChI=1S/C18H17BrCl2N2O3/c1-8-11(19)7-10(18(2,3)4)16(24)14(8)17(25)22-15-12(21)5-9(20)6-13(15)23-26/h5-7,24H,1-4H3,(H,22,25). The van der Waals surface area contributed by atoms with Crippen LogP contribution in [0.1, 0.15) is 42.3 Å². The number of carbonyl (C=O) groups is 1. The molecule has 26 heavy (non-hydrogen) atoms. The van der Waals surface area contributed by atoms with E-state index < -0.39 is 5.91 Å². The second-order valence-electron chi connectivity index (χ2n) is 6.83. The first kappa shape index (κ1) is 20.7. The van der Waals surface area contributed by atoms with Gasteiger partial charge in [0, 0.05) is 15.1 Å². The largest absolute Gasteiger partial charge is 0.507 e. The van der Waals surface area contributed by atoms with Crippen LogP contribution >= 0.6 is 39.1 Å². The van der Waals surface area contributed by atoms with Crippen molar-refractivity contribution in [2.45, 2.75) is 33.1 Å². The van der Waals surface area contributed by atoms with E-state index in [0.29, 0.717) is 15.6 Å². The summed E-state index contributed by atoms with van der Waals surface area (Å²) < 4.78 is 0.682. The summed E-state index contributed by atoms with van der Waals surface area (Å²) >= 11 is 15.4. The lowest BCUT2D eigenvalue weighted by Gasteiger charge is -2.24. The van der Waals surface area contributed by atoms with Crippen molar-refractivity contribution in [3.63, 3.8) is 0 Å². The maximum atomic E-state index is 12.9. The van der Waals surface area contributed by atoms with Gasteiger partial charge in [0.25, 0.3) is 5.91 Å². The van der Waals surface area contributed by atoms with E-state index in [0.717, 1.165) is 0 Å². The van der Waals surface area contributed by atoms with Gasteiger partial charge in [-0.05, 0) is 41.3 Å². The minimum Gasteiger partial charge on any atom is -0.507 e. The van der Waals surface area contributed by atoms with Gasteiger partial charge in [-0.25, -0.2) is 0 Å². The molecule has 0 saturated heterocycles. The fourth-order valence-corrected chi connectivity index (χ4v) is 3.47. The average molecular weight is 460 g/mol. The van der Waals surface area contributed by atoms with Crippen LogP contribution in [0.4, 0.5) is 11.4 Å². The molecule has 138 valence electrons. The Morgan fingerprint density at radius 1 is 1.23 bits per heavy atom. The number of carbonyl (C=O) groups excluding carboxylic acids is 1. The number of nitrogens with one attached hydrogen (secondary N) is 1. The van der Waals surface area contributed by atoms with Crippen LogP contribution in [0.25, 0.3) is 0 Å². The van der Waals surface area contributed by atoms with Gasteiger partial charge < -0.3 is 10.4 Å². The van der Waals surface area contributed by atoms with Crippen molar-refractivity contribution in [2.24, 2.45) is 5.18 Å². The maximum absolute atomic E-state index is 12.9. The van der Waals surface area contributed by atoms with Gasteiger partial charge in [-0.15, -0.1) is 4.91 Å². The van der Waals surface area contributed by atoms with Crippen LogP contribution < -0.4 is 5.32 Å². The Morgan fingerprint density at radius 2 is 1.85 bits per heavy atom. The molecule has 8 heteroatoms. The van der Waals surface area contributed by atoms with E-state index in [1.54, 1.807) is 13.0 Å². The first-order chi connectivity index (χ1) is 12.0. The number of hydrogen-bond acceptors (Lipinski definition) is 4. The number of hydrogen-bond donors (Lipinski definition) is 2. The highest BCUT2D eigenvalue weighted by Gasteiger charge is 2.27. The highest BCUT2D eigenvalue weighted by Crippen LogP contribution is 2.40. The Hall–Kier alpha value is -1.63. The van der Waals surface area contributed by atoms with E-state index in [9.17, 15) is 14.8 Å². The van der Waals surface area contributed by atoms with E-state index in [1.165, 1.54) is 12.1 Å². The van der Waals surface area contributed by atoms with Crippen molar-refractivity contribution in [1.29, 1.82) is 0 Å². The molecule has 0 aliphatic carbocycles. The molecule has 0 atom stereocenters. The molecule has 0 heterocycles. The van der Waals surface area contributed by atoms with Gasteiger partial charge in [0.1, 0.15) is 11.4 Å². The molecule has 0 aromatic heterocycles. The fourth-order valence-electron chi connectivity index (χ4n) is 2.52. The molecule has 0 aliphatic rings. The molecule has 0 fully saturated rings. The predicted octanol–water partition coefficient (Wildman–Crippen LogP) is 6.72. The SMILES string of the molecule is Cc1c(Br)cc(C(C)(C)C)c(O)c1C(=O)Nc1c(Cl)cc(Cl)cc1N=O. The smallest absolute Gasteiger partial charge is 0.259 e. The summed E-state index contributed by atoms with van der Waals surface area (Å²) in [7, 11) is 0. The van der Waals surface area contributed by atoms with Crippen LogP contribution in [0.15, 0.2) is 27.8 Å². The second kappa shape index (κ2) is 7.55. The Morgan fingerprint density at radius 3 is 2.38 bits per heavy atom. The molecular weight excluding hydrogens is 443 g/mol. The van der Waals surface area contributed by atoms with Crippen molar-refractivity contribution in [2.75, 3.05) is 5.32 Å². The number of benzene rings is 2. The maximum Gasteiger partial charge on any atom is 0.259 e. The Bertz CT molecular complexity index is 909. The zero-order valence-corrected chi connectivity index (χ0v) is 17.7. The van der Waals surface area contributed by atoms with Gasteiger partial charge >= 0.3 is 0 Å². The summed E-state index contributed by atoms with van der Waals surface area (Å²) in [4.78, 5) is 23.9. The minimum absolute atomic E-state index is 0.0344. The fraction of sp³-hybridized carbons (Fsp3) is 0.278. The molecule has 0 bridgehead atoms. The molecule has 0 unspecified atom stereocenters. The molecule has 0 aliphatic heterocycles. The van der Waals surface area contributed by atoms with E-state index in [1.807, 2.05) is 20.8 Å². The molecule has 0 radical (unpaired) electrons. The summed E-state index contributed by atoms with van der Waals surface area (Å²) in [5.74, 6) is -0.734. The minimum atomic E-state index is -0.610. The third-order valence-corrected chi connectivity index (χ3v) is 5.24. The Kier molecular flexibility index (Phi) is 6.00. The third-order valence-electron chi connectivity index (χ3n) is 3.90. The first-order valence-corrected chi connectivity index (χ1v) is 9.18. The summed E-state index contributed by atoms with van der Waals surface area (Å²) in [6, 6.07) is 4.47. The summed E-state index contributed by atoms with van der Waals surface area (Å²) in [5.41, 5.74) is 0.802. The quantitative estimate of drug-likeness (QED) is 0.500. The Labute approximate surface area is 169 Å².